The quantitative estimate of drug-likeness (QED) is 0.411. The van der Waals surface area contributed by atoms with Gasteiger partial charge in [0.1, 0.15) is 5.75 Å². The van der Waals surface area contributed by atoms with Crippen molar-refractivity contribution >= 4 is 39.4 Å². The fraction of sp³-hybridized carbons (Fsp3) is 0. The van der Waals surface area contributed by atoms with Crippen LogP contribution in [0.25, 0.3) is 0 Å². The predicted octanol–water partition coefficient (Wildman–Crippen LogP) is 3.61. The van der Waals surface area contributed by atoms with Crippen LogP contribution in [0.3, 0.4) is 0 Å². The van der Waals surface area contributed by atoms with Gasteiger partial charge in [0.15, 0.2) is 0 Å². The third-order valence-electron chi connectivity index (χ3n) is 3.81. The normalized spacial score (nSPS) is 11.3. The third-order valence-corrected chi connectivity index (χ3v) is 5.45. The zero-order valence-electron chi connectivity index (χ0n) is 14.9. The molecule has 0 fully saturated rings. The molecule has 0 atom stereocenters. The lowest BCUT2D eigenvalue weighted by atomic mass is 10.2. The van der Waals surface area contributed by atoms with Gasteiger partial charge in [-0.1, -0.05) is 23.7 Å². The predicted molar refractivity (Wildman–Crippen MR) is 112 cm³/mol. The van der Waals surface area contributed by atoms with E-state index in [0.717, 1.165) is 0 Å². The van der Waals surface area contributed by atoms with Crippen molar-refractivity contribution < 1.29 is 18.3 Å². The summed E-state index contributed by atoms with van der Waals surface area (Å²) in [7, 11) is -3.90. The number of benzene rings is 3. The molecule has 3 aromatic rings. The summed E-state index contributed by atoms with van der Waals surface area (Å²) in [4.78, 5) is 12.5. The van der Waals surface area contributed by atoms with Crippen molar-refractivity contribution in [1.82, 2.24) is 5.43 Å². The Balaban J connectivity index is 1.76. The van der Waals surface area contributed by atoms with E-state index in [0.29, 0.717) is 10.6 Å². The van der Waals surface area contributed by atoms with E-state index in [1.807, 2.05) is 0 Å². The summed E-state index contributed by atoms with van der Waals surface area (Å²) in [6.45, 7) is 0. The number of hydrogen-bond acceptors (Lipinski definition) is 5. The Morgan fingerprint density at radius 3 is 2.31 bits per heavy atom. The first-order chi connectivity index (χ1) is 13.8. The standard InChI is InChI=1S/C20H16ClN3O4S/c21-15-7-11-17(12-8-15)29(27,28)24-19-4-2-1-3-18(19)20(26)23-22-13-14-5-9-16(25)10-6-14/h1-13,24-25H,(H,23,26). The highest BCUT2D eigenvalue weighted by atomic mass is 35.5. The number of phenols is 1. The number of hydrogen-bond donors (Lipinski definition) is 3. The summed E-state index contributed by atoms with van der Waals surface area (Å²) < 4.78 is 27.6. The number of rotatable bonds is 6. The van der Waals surface area contributed by atoms with Crippen molar-refractivity contribution in [2.24, 2.45) is 5.10 Å². The van der Waals surface area contributed by atoms with Gasteiger partial charge in [-0.05, 0) is 66.2 Å². The van der Waals surface area contributed by atoms with E-state index >= 15 is 0 Å². The van der Waals surface area contributed by atoms with Crippen LogP contribution in [0.15, 0.2) is 82.8 Å². The molecule has 0 spiro atoms. The molecule has 3 N–H and O–H groups in total. The smallest absolute Gasteiger partial charge is 0.273 e. The minimum absolute atomic E-state index is 0.0162. The summed E-state index contributed by atoms with van der Waals surface area (Å²) in [6, 6.07) is 18.1. The molecule has 0 aliphatic heterocycles. The molecule has 0 aliphatic rings. The summed E-state index contributed by atoms with van der Waals surface area (Å²) >= 11 is 5.80. The summed E-state index contributed by atoms with van der Waals surface area (Å²) in [5, 5.41) is 13.5. The fourth-order valence-corrected chi connectivity index (χ4v) is 3.58. The second-order valence-electron chi connectivity index (χ2n) is 5.90. The van der Waals surface area contributed by atoms with Crippen LogP contribution in [0.2, 0.25) is 5.02 Å². The highest BCUT2D eigenvalue weighted by Gasteiger charge is 2.18. The lowest BCUT2D eigenvalue weighted by Crippen LogP contribution is -2.21. The molecule has 0 heterocycles. The lowest BCUT2D eigenvalue weighted by molar-refractivity contribution is 0.0956. The zero-order valence-corrected chi connectivity index (χ0v) is 16.5. The number of aromatic hydroxyl groups is 1. The van der Waals surface area contributed by atoms with Crippen LogP contribution in [-0.4, -0.2) is 25.6 Å². The van der Waals surface area contributed by atoms with Gasteiger partial charge in [0.05, 0.1) is 22.4 Å². The van der Waals surface area contributed by atoms with Crippen LogP contribution in [0.5, 0.6) is 5.75 Å². The molecule has 9 heteroatoms. The third kappa shape index (κ3) is 5.34. The minimum atomic E-state index is -3.90. The van der Waals surface area contributed by atoms with E-state index in [9.17, 15) is 18.3 Å². The largest absolute Gasteiger partial charge is 0.508 e. The van der Waals surface area contributed by atoms with E-state index in [1.165, 1.54) is 54.7 Å². The number of nitrogens with one attached hydrogen (secondary N) is 2. The topological polar surface area (TPSA) is 108 Å². The Labute approximate surface area is 172 Å². The number of amides is 1. The van der Waals surface area contributed by atoms with Gasteiger partial charge in [-0.3, -0.25) is 9.52 Å². The fourth-order valence-electron chi connectivity index (χ4n) is 2.37. The van der Waals surface area contributed by atoms with Gasteiger partial charge in [-0.15, -0.1) is 0 Å². The van der Waals surface area contributed by atoms with E-state index < -0.39 is 15.9 Å². The number of halogens is 1. The van der Waals surface area contributed by atoms with Crippen LogP contribution >= 0.6 is 11.6 Å². The van der Waals surface area contributed by atoms with Crippen molar-refractivity contribution in [2.45, 2.75) is 4.90 Å². The maximum absolute atomic E-state index is 12.6. The van der Waals surface area contributed by atoms with Crippen LogP contribution < -0.4 is 10.1 Å². The number of anilines is 1. The van der Waals surface area contributed by atoms with Crippen molar-refractivity contribution in [2.75, 3.05) is 4.72 Å². The Morgan fingerprint density at radius 2 is 1.62 bits per heavy atom. The molecular weight excluding hydrogens is 414 g/mol. The molecule has 148 valence electrons. The summed E-state index contributed by atoms with van der Waals surface area (Å²) in [5.74, 6) is -0.470. The number of carbonyl (C=O) groups is 1. The number of para-hydroxylation sites is 1. The van der Waals surface area contributed by atoms with Crippen LogP contribution in [0.1, 0.15) is 15.9 Å². The van der Waals surface area contributed by atoms with Crippen LogP contribution in [0, 0.1) is 0 Å². The molecular formula is C20H16ClN3O4S. The zero-order chi connectivity index (χ0) is 20.9. The van der Waals surface area contributed by atoms with E-state index in [-0.39, 0.29) is 21.9 Å². The molecule has 29 heavy (non-hydrogen) atoms. The molecule has 0 bridgehead atoms. The number of hydrazone groups is 1. The molecule has 1 amide bonds. The van der Waals surface area contributed by atoms with E-state index in [2.05, 4.69) is 15.2 Å². The molecule has 0 aromatic heterocycles. The van der Waals surface area contributed by atoms with Gasteiger partial charge in [-0.25, -0.2) is 13.8 Å². The van der Waals surface area contributed by atoms with Gasteiger partial charge in [-0.2, -0.15) is 5.10 Å². The minimum Gasteiger partial charge on any atom is -0.508 e. The Hall–Kier alpha value is -3.36. The SMILES string of the molecule is O=C(NN=Cc1ccc(O)cc1)c1ccccc1NS(=O)(=O)c1ccc(Cl)cc1. The monoisotopic (exact) mass is 429 g/mol. The Kier molecular flexibility index (Phi) is 6.16. The van der Waals surface area contributed by atoms with Gasteiger partial charge in [0.2, 0.25) is 0 Å². The average molecular weight is 430 g/mol. The highest BCUT2D eigenvalue weighted by molar-refractivity contribution is 7.92. The number of sulfonamides is 1. The second-order valence-corrected chi connectivity index (χ2v) is 8.01. The lowest BCUT2D eigenvalue weighted by Gasteiger charge is -2.11. The van der Waals surface area contributed by atoms with Gasteiger partial charge in [0, 0.05) is 5.02 Å². The molecule has 3 aromatic carbocycles. The summed E-state index contributed by atoms with van der Waals surface area (Å²) in [5.41, 5.74) is 3.23. The molecule has 0 aliphatic carbocycles. The van der Waals surface area contributed by atoms with Crippen molar-refractivity contribution in [3.63, 3.8) is 0 Å². The molecule has 7 nitrogen and oxygen atoms in total. The van der Waals surface area contributed by atoms with Crippen molar-refractivity contribution in [3.8, 4) is 5.75 Å². The first kappa shape index (κ1) is 20.4. The van der Waals surface area contributed by atoms with E-state index in [1.54, 1.807) is 24.3 Å². The van der Waals surface area contributed by atoms with Gasteiger partial charge < -0.3 is 5.11 Å². The first-order valence-corrected chi connectivity index (χ1v) is 10.2. The molecule has 0 saturated carbocycles. The van der Waals surface area contributed by atoms with Gasteiger partial charge >= 0.3 is 0 Å². The Bertz CT molecular complexity index is 1150. The second kappa shape index (κ2) is 8.76. The van der Waals surface area contributed by atoms with Gasteiger partial charge in [0.25, 0.3) is 15.9 Å². The summed E-state index contributed by atoms with van der Waals surface area (Å²) in [6.07, 6.45) is 1.40. The van der Waals surface area contributed by atoms with E-state index in [4.69, 9.17) is 11.6 Å². The maximum Gasteiger partial charge on any atom is 0.273 e. The van der Waals surface area contributed by atoms with Crippen LogP contribution in [0.4, 0.5) is 5.69 Å². The highest BCUT2D eigenvalue weighted by Crippen LogP contribution is 2.21. The number of nitrogens with zero attached hydrogens (tertiary/aromatic N) is 1. The number of phenolic OH excluding ortho intramolecular Hbond substituents is 1. The molecule has 3 rings (SSSR count). The average Bonchev–Trinajstić information content (AvgIpc) is 2.70. The number of carbonyl (C=O) groups excluding carboxylic acids is 1. The van der Waals surface area contributed by atoms with Crippen molar-refractivity contribution in [3.05, 3.63) is 88.9 Å². The van der Waals surface area contributed by atoms with Crippen molar-refractivity contribution in [1.29, 1.82) is 0 Å². The maximum atomic E-state index is 12.6. The van der Waals surface area contributed by atoms with Crippen LogP contribution in [-0.2, 0) is 10.0 Å². The molecule has 0 radical (unpaired) electrons. The molecule has 0 unspecified atom stereocenters. The Morgan fingerprint density at radius 1 is 0.966 bits per heavy atom. The molecule has 0 saturated heterocycles. The first-order valence-electron chi connectivity index (χ1n) is 8.35.